The van der Waals surface area contributed by atoms with Crippen LogP contribution in [0.3, 0.4) is 0 Å². The molecule has 0 aliphatic rings. The van der Waals surface area contributed by atoms with Gasteiger partial charge in [-0.1, -0.05) is 24.3 Å². The van der Waals surface area contributed by atoms with Crippen molar-refractivity contribution in [2.45, 2.75) is 0 Å². The zero-order valence-electron chi connectivity index (χ0n) is 6.22. The molecule has 0 spiro atoms. The topological polar surface area (TPSA) is 0 Å². The van der Waals surface area contributed by atoms with Crippen LogP contribution in [-0.4, -0.2) is 0 Å². The minimum absolute atomic E-state index is 0.144. The number of hydrogen-bond acceptors (Lipinski definition) is 0. The number of hydrogen-bond donors (Lipinski definition) is 0. The standard InChI is InChI=1S/C10H6FI/c11-9-5-7-3-1-2-4-8(7)6-10(9)12/h1-6H. The lowest BCUT2D eigenvalue weighted by Crippen LogP contribution is -1.81. The Morgan fingerprint density at radius 2 is 1.58 bits per heavy atom. The molecule has 0 fully saturated rings. The van der Waals surface area contributed by atoms with E-state index in [1.165, 1.54) is 0 Å². The van der Waals surface area contributed by atoms with Crippen molar-refractivity contribution in [1.29, 1.82) is 0 Å². The molecule has 0 aliphatic heterocycles. The second-order valence-electron chi connectivity index (χ2n) is 2.61. The van der Waals surface area contributed by atoms with Gasteiger partial charge in [-0.2, -0.15) is 0 Å². The van der Waals surface area contributed by atoms with Crippen LogP contribution in [0.2, 0.25) is 0 Å². The summed E-state index contributed by atoms with van der Waals surface area (Å²) in [6.45, 7) is 0. The maximum Gasteiger partial charge on any atom is 0.137 e. The molecule has 0 atom stereocenters. The van der Waals surface area contributed by atoms with Gasteiger partial charge >= 0.3 is 0 Å². The van der Waals surface area contributed by atoms with Crippen LogP contribution in [-0.2, 0) is 0 Å². The van der Waals surface area contributed by atoms with Crippen molar-refractivity contribution in [1.82, 2.24) is 0 Å². The minimum atomic E-state index is -0.144. The second-order valence-corrected chi connectivity index (χ2v) is 3.78. The lowest BCUT2D eigenvalue weighted by atomic mass is 10.1. The maximum absolute atomic E-state index is 13.0. The summed E-state index contributed by atoms with van der Waals surface area (Å²) in [6.07, 6.45) is 0. The third-order valence-electron chi connectivity index (χ3n) is 1.79. The molecule has 0 saturated carbocycles. The van der Waals surface area contributed by atoms with E-state index in [1.807, 2.05) is 52.9 Å². The Labute approximate surface area is 83.5 Å². The van der Waals surface area contributed by atoms with Gasteiger partial charge in [0.1, 0.15) is 5.82 Å². The fraction of sp³-hybridized carbons (Fsp3) is 0. The Balaban J connectivity index is 2.84. The smallest absolute Gasteiger partial charge is 0.137 e. The summed E-state index contributed by atoms with van der Waals surface area (Å²) < 4.78 is 13.7. The van der Waals surface area contributed by atoms with E-state index in [4.69, 9.17) is 0 Å². The molecule has 0 radical (unpaired) electrons. The van der Waals surface area contributed by atoms with Crippen LogP contribution in [0.15, 0.2) is 36.4 Å². The van der Waals surface area contributed by atoms with Crippen molar-refractivity contribution < 1.29 is 4.39 Å². The van der Waals surface area contributed by atoms with Crippen molar-refractivity contribution >= 4 is 33.4 Å². The van der Waals surface area contributed by atoms with Gasteiger partial charge < -0.3 is 0 Å². The van der Waals surface area contributed by atoms with Gasteiger partial charge in [0.15, 0.2) is 0 Å². The zero-order chi connectivity index (χ0) is 8.55. The number of benzene rings is 2. The summed E-state index contributed by atoms with van der Waals surface area (Å²) in [5.41, 5.74) is 0. The second kappa shape index (κ2) is 3.01. The van der Waals surface area contributed by atoms with Crippen LogP contribution in [0.1, 0.15) is 0 Å². The first-order valence-corrected chi connectivity index (χ1v) is 4.69. The monoisotopic (exact) mass is 272 g/mol. The fourth-order valence-electron chi connectivity index (χ4n) is 1.18. The Kier molecular flexibility index (Phi) is 2.00. The van der Waals surface area contributed by atoms with Crippen LogP contribution in [0.5, 0.6) is 0 Å². The lowest BCUT2D eigenvalue weighted by Gasteiger charge is -1.98. The van der Waals surface area contributed by atoms with Crippen molar-refractivity contribution in [3.05, 3.63) is 45.8 Å². The van der Waals surface area contributed by atoms with Crippen LogP contribution < -0.4 is 0 Å². The predicted octanol–water partition coefficient (Wildman–Crippen LogP) is 3.58. The highest BCUT2D eigenvalue weighted by Gasteiger charge is 1.99. The van der Waals surface area contributed by atoms with E-state index < -0.39 is 0 Å². The SMILES string of the molecule is Fc1cc2ccccc2cc1I. The van der Waals surface area contributed by atoms with Crippen LogP contribution in [0, 0.1) is 9.39 Å². The van der Waals surface area contributed by atoms with Crippen molar-refractivity contribution in [2.75, 3.05) is 0 Å². The summed E-state index contributed by atoms with van der Waals surface area (Å²) >= 11 is 2.00. The lowest BCUT2D eigenvalue weighted by molar-refractivity contribution is 0.622. The quantitative estimate of drug-likeness (QED) is 0.643. The average Bonchev–Trinajstić information content (AvgIpc) is 2.07. The molecule has 0 heterocycles. The Morgan fingerprint density at radius 3 is 2.25 bits per heavy atom. The van der Waals surface area contributed by atoms with Gasteiger partial charge in [0.05, 0.1) is 0 Å². The van der Waals surface area contributed by atoms with Gasteiger partial charge in [0.2, 0.25) is 0 Å². The Hall–Kier alpha value is -0.640. The van der Waals surface area contributed by atoms with E-state index in [-0.39, 0.29) is 5.82 Å². The Morgan fingerprint density at radius 1 is 1.00 bits per heavy atom. The summed E-state index contributed by atoms with van der Waals surface area (Å²) in [6, 6.07) is 11.2. The molecule has 2 aromatic rings. The van der Waals surface area contributed by atoms with E-state index in [9.17, 15) is 4.39 Å². The molecule has 2 heteroatoms. The molecule has 0 saturated heterocycles. The molecular formula is C10H6FI. The molecule has 0 N–H and O–H groups in total. The van der Waals surface area contributed by atoms with E-state index in [0.717, 1.165) is 10.8 Å². The van der Waals surface area contributed by atoms with Gasteiger partial charge in [0.25, 0.3) is 0 Å². The molecule has 0 unspecified atom stereocenters. The van der Waals surface area contributed by atoms with E-state index in [2.05, 4.69) is 0 Å². The normalized spacial score (nSPS) is 10.5. The van der Waals surface area contributed by atoms with Crippen molar-refractivity contribution in [3.8, 4) is 0 Å². The van der Waals surface area contributed by atoms with E-state index >= 15 is 0 Å². The molecule has 12 heavy (non-hydrogen) atoms. The first kappa shape index (κ1) is 7.98. The van der Waals surface area contributed by atoms with Gasteiger partial charge in [-0.05, 0) is 45.5 Å². The molecule has 0 nitrogen and oxygen atoms in total. The summed E-state index contributed by atoms with van der Waals surface area (Å²) in [7, 11) is 0. The number of rotatable bonds is 0. The van der Waals surface area contributed by atoms with Crippen LogP contribution in [0.25, 0.3) is 10.8 Å². The zero-order valence-corrected chi connectivity index (χ0v) is 8.38. The van der Waals surface area contributed by atoms with Gasteiger partial charge in [-0.15, -0.1) is 0 Å². The molecule has 0 bridgehead atoms. The summed E-state index contributed by atoms with van der Waals surface area (Å²) in [5, 5.41) is 2.04. The molecule has 0 aliphatic carbocycles. The molecule has 2 rings (SSSR count). The van der Waals surface area contributed by atoms with Gasteiger partial charge in [-0.3, -0.25) is 0 Å². The summed E-state index contributed by atoms with van der Waals surface area (Å²) in [4.78, 5) is 0. The van der Waals surface area contributed by atoms with Crippen LogP contribution >= 0.6 is 22.6 Å². The first-order chi connectivity index (χ1) is 5.77. The molecule has 60 valence electrons. The largest absolute Gasteiger partial charge is 0.206 e. The highest BCUT2D eigenvalue weighted by atomic mass is 127. The molecule has 2 aromatic carbocycles. The van der Waals surface area contributed by atoms with Gasteiger partial charge in [0, 0.05) is 3.57 Å². The molecular weight excluding hydrogens is 266 g/mol. The highest BCUT2D eigenvalue weighted by Crippen LogP contribution is 2.19. The van der Waals surface area contributed by atoms with Crippen LogP contribution in [0.4, 0.5) is 4.39 Å². The first-order valence-electron chi connectivity index (χ1n) is 3.61. The van der Waals surface area contributed by atoms with Crippen molar-refractivity contribution in [2.24, 2.45) is 0 Å². The highest BCUT2D eigenvalue weighted by molar-refractivity contribution is 14.1. The average molecular weight is 272 g/mol. The van der Waals surface area contributed by atoms with Crippen molar-refractivity contribution in [3.63, 3.8) is 0 Å². The third-order valence-corrected chi connectivity index (χ3v) is 2.62. The Bertz CT molecular complexity index is 383. The summed E-state index contributed by atoms with van der Waals surface area (Å²) in [5.74, 6) is -0.144. The maximum atomic E-state index is 13.0. The predicted molar refractivity (Wildman–Crippen MR) is 56.6 cm³/mol. The van der Waals surface area contributed by atoms with E-state index in [0.29, 0.717) is 3.57 Å². The molecule has 0 aromatic heterocycles. The van der Waals surface area contributed by atoms with E-state index in [1.54, 1.807) is 6.07 Å². The van der Waals surface area contributed by atoms with Gasteiger partial charge in [-0.25, -0.2) is 4.39 Å². The fourth-order valence-corrected chi connectivity index (χ4v) is 1.68. The third kappa shape index (κ3) is 1.31. The minimum Gasteiger partial charge on any atom is -0.206 e. The number of halogens is 2. The number of fused-ring (bicyclic) bond motifs is 1. The molecule has 0 amide bonds.